The predicted octanol–water partition coefficient (Wildman–Crippen LogP) is 4.99. The Kier molecular flexibility index (Phi) is 6.88. The van der Waals surface area contributed by atoms with Crippen LogP contribution in [-0.4, -0.2) is 58.7 Å². The van der Waals surface area contributed by atoms with Gasteiger partial charge in [0.25, 0.3) is 5.91 Å². The summed E-state index contributed by atoms with van der Waals surface area (Å²) in [6.45, 7) is 6.29. The fraction of sp³-hybridized carbons (Fsp3) is 0.471. The van der Waals surface area contributed by atoms with Gasteiger partial charge < -0.3 is 14.5 Å². The molecule has 4 atom stereocenters. The van der Waals surface area contributed by atoms with E-state index in [-0.39, 0.29) is 41.6 Å². The van der Waals surface area contributed by atoms with Crippen LogP contribution in [0.3, 0.4) is 0 Å². The van der Waals surface area contributed by atoms with Crippen LogP contribution in [0.1, 0.15) is 73.9 Å². The van der Waals surface area contributed by atoms with E-state index in [1.165, 1.54) is 0 Å². The standard InChI is InChI=1S/C34H36ClN3O5/c1-34(2)12-11-25(26(15-34)19-3-5-22(35)6-4-19)32(41)37-16-21-14-29(27(21)18-37)43-23-7-8-24-20(13-23)17-38(33(24)42)28-9-10-30(39)36-31(28)40/h3-8,13,21,27-29H,9-12,14-18H2,1-2H3,(H,36,39,40). The average molecular weight is 602 g/mol. The van der Waals surface area contributed by atoms with Crippen molar-refractivity contribution in [2.24, 2.45) is 17.3 Å². The van der Waals surface area contributed by atoms with Gasteiger partial charge in [0.1, 0.15) is 17.9 Å². The van der Waals surface area contributed by atoms with Crippen molar-refractivity contribution in [3.05, 3.63) is 69.8 Å². The van der Waals surface area contributed by atoms with Crippen LogP contribution in [0.5, 0.6) is 5.75 Å². The highest BCUT2D eigenvalue weighted by Gasteiger charge is 2.50. The summed E-state index contributed by atoms with van der Waals surface area (Å²) in [6, 6.07) is 12.7. The summed E-state index contributed by atoms with van der Waals surface area (Å²) in [7, 11) is 0. The average Bonchev–Trinajstić information content (AvgIpc) is 3.47. The minimum Gasteiger partial charge on any atom is -0.490 e. The number of nitrogens with one attached hydrogen (secondary N) is 1. The zero-order valence-corrected chi connectivity index (χ0v) is 25.3. The molecule has 8 nitrogen and oxygen atoms in total. The smallest absolute Gasteiger partial charge is 0.255 e. The number of allylic oxidation sites excluding steroid dienone is 1. The van der Waals surface area contributed by atoms with E-state index in [1.54, 1.807) is 11.0 Å². The highest BCUT2D eigenvalue weighted by atomic mass is 35.5. The molecule has 2 aromatic carbocycles. The molecule has 0 spiro atoms. The van der Waals surface area contributed by atoms with Gasteiger partial charge in [-0.25, -0.2) is 0 Å². The number of benzene rings is 2. The lowest BCUT2D eigenvalue weighted by molar-refractivity contribution is -0.137. The summed E-state index contributed by atoms with van der Waals surface area (Å²) in [4.78, 5) is 54.5. The molecule has 3 heterocycles. The van der Waals surface area contributed by atoms with Crippen LogP contribution in [0.4, 0.5) is 0 Å². The first kappa shape index (κ1) is 28.1. The molecule has 0 radical (unpaired) electrons. The number of piperidine rings is 1. The SMILES string of the molecule is CC1(C)CCC(C(=O)N2CC3CC(Oc4ccc5c(c4)CN(C4CCC(=O)NC4=O)C5=O)C3C2)=C(c2ccc(Cl)cc2)C1. The molecule has 3 fully saturated rings. The maximum Gasteiger partial charge on any atom is 0.255 e. The summed E-state index contributed by atoms with van der Waals surface area (Å²) in [6.07, 6.45) is 4.10. The van der Waals surface area contributed by atoms with Crippen molar-refractivity contribution in [2.45, 2.75) is 71.1 Å². The van der Waals surface area contributed by atoms with E-state index in [0.29, 0.717) is 41.8 Å². The molecule has 0 bridgehead atoms. The van der Waals surface area contributed by atoms with Crippen LogP contribution in [0.2, 0.25) is 5.02 Å². The van der Waals surface area contributed by atoms with Crippen molar-refractivity contribution in [1.29, 1.82) is 0 Å². The summed E-state index contributed by atoms with van der Waals surface area (Å²) in [5.41, 5.74) is 4.69. The monoisotopic (exact) mass is 601 g/mol. The van der Waals surface area contributed by atoms with E-state index < -0.39 is 11.9 Å². The van der Waals surface area contributed by atoms with E-state index in [0.717, 1.165) is 54.5 Å². The minimum absolute atomic E-state index is 0.0131. The molecule has 4 amide bonds. The number of hydrogen-bond donors (Lipinski definition) is 1. The first-order chi connectivity index (χ1) is 20.6. The molecule has 2 saturated heterocycles. The van der Waals surface area contributed by atoms with Gasteiger partial charge >= 0.3 is 0 Å². The maximum absolute atomic E-state index is 13.9. The Bertz CT molecular complexity index is 1560. The maximum atomic E-state index is 13.9. The van der Waals surface area contributed by atoms with Gasteiger partial charge in [0.05, 0.1) is 0 Å². The van der Waals surface area contributed by atoms with Crippen molar-refractivity contribution < 1.29 is 23.9 Å². The van der Waals surface area contributed by atoms with E-state index in [2.05, 4.69) is 19.2 Å². The number of rotatable bonds is 5. The molecule has 2 aliphatic carbocycles. The number of imide groups is 1. The Morgan fingerprint density at radius 2 is 1.84 bits per heavy atom. The third-order valence-electron chi connectivity index (χ3n) is 10.1. The zero-order valence-electron chi connectivity index (χ0n) is 24.5. The number of carbonyl (C=O) groups is 4. The van der Waals surface area contributed by atoms with E-state index in [4.69, 9.17) is 16.3 Å². The highest BCUT2D eigenvalue weighted by Crippen LogP contribution is 2.47. The number of hydrogen-bond acceptors (Lipinski definition) is 5. The number of amides is 4. The summed E-state index contributed by atoms with van der Waals surface area (Å²) in [5.74, 6) is 0.649. The third-order valence-corrected chi connectivity index (χ3v) is 10.3. The normalized spacial score (nSPS) is 27.9. The summed E-state index contributed by atoms with van der Waals surface area (Å²) < 4.78 is 6.43. The molecule has 9 heteroatoms. The Hall–Kier alpha value is -3.65. The second kappa shape index (κ2) is 10.5. The molecular weight excluding hydrogens is 566 g/mol. The first-order valence-corrected chi connectivity index (χ1v) is 15.7. The van der Waals surface area contributed by atoms with E-state index in [1.807, 2.05) is 41.3 Å². The van der Waals surface area contributed by atoms with Gasteiger partial charge in [0, 0.05) is 48.1 Å². The van der Waals surface area contributed by atoms with Gasteiger partial charge in [-0.1, -0.05) is 37.6 Å². The Morgan fingerprint density at radius 3 is 2.60 bits per heavy atom. The van der Waals surface area contributed by atoms with Crippen LogP contribution in [0.15, 0.2) is 48.0 Å². The Labute approximate surface area is 256 Å². The second-order valence-corrected chi connectivity index (χ2v) is 14.0. The lowest BCUT2D eigenvalue weighted by atomic mass is 9.72. The molecule has 224 valence electrons. The highest BCUT2D eigenvalue weighted by molar-refractivity contribution is 6.30. The number of nitrogens with zero attached hydrogens (tertiary/aromatic N) is 2. The molecule has 5 aliphatic rings. The number of fused-ring (bicyclic) bond motifs is 2. The Morgan fingerprint density at radius 1 is 1.05 bits per heavy atom. The van der Waals surface area contributed by atoms with Crippen molar-refractivity contribution in [3.8, 4) is 5.75 Å². The summed E-state index contributed by atoms with van der Waals surface area (Å²) >= 11 is 6.16. The van der Waals surface area contributed by atoms with Crippen LogP contribution in [0.25, 0.3) is 5.57 Å². The van der Waals surface area contributed by atoms with Crippen molar-refractivity contribution in [3.63, 3.8) is 0 Å². The van der Waals surface area contributed by atoms with Crippen molar-refractivity contribution in [1.82, 2.24) is 15.1 Å². The lowest BCUT2D eigenvalue weighted by Crippen LogP contribution is -2.52. The molecular formula is C34H36ClN3O5. The molecule has 4 unspecified atom stereocenters. The molecule has 2 aromatic rings. The minimum atomic E-state index is -0.637. The number of carbonyl (C=O) groups excluding carboxylic acids is 4. The molecule has 0 aromatic heterocycles. The number of ether oxygens (including phenoxy) is 1. The van der Waals surface area contributed by atoms with Gasteiger partial charge in [-0.05, 0) is 90.5 Å². The molecule has 7 rings (SSSR count). The number of halogens is 1. The molecule has 1 saturated carbocycles. The van der Waals surface area contributed by atoms with Crippen molar-refractivity contribution >= 4 is 40.8 Å². The van der Waals surface area contributed by atoms with Gasteiger partial charge in [0.2, 0.25) is 17.7 Å². The van der Waals surface area contributed by atoms with Crippen LogP contribution in [0, 0.1) is 17.3 Å². The van der Waals surface area contributed by atoms with Gasteiger partial charge in [-0.2, -0.15) is 0 Å². The lowest BCUT2D eigenvalue weighted by Gasteiger charge is -2.39. The second-order valence-electron chi connectivity index (χ2n) is 13.5. The van der Waals surface area contributed by atoms with Gasteiger partial charge in [-0.15, -0.1) is 0 Å². The van der Waals surface area contributed by atoms with E-state index >= 15 is 0 Å². The Balaban J connectivity index is 1.02. The van der Waals surface area contributed by atoms with E-state index in [9.17, 15) is 19.2 Å². The molecule has 3 aliphatic heterocycles. The number of likely N-dealkylation sites (tertiary alicyclic amines) is 1. The van der Waals surface area contributed by atoms with Crippen molar-refractivity contribution in [2.75, 3.05) is 13.1 Å². The molecule has 43 heavy (non-hydrogen) atoms. The van der Waals surface area contributed by atoms with Crippen LogP contribution in [-0.2, 0) is 20.9 Å². The largest absolute Gasteiger partial charge is 0.490 e. The fourth-order valence-corrected chi connectivity index (χ4v) is 7.71. The zero-order chi connectivity index (χ0) is 30.0. The van der Waals surface area contributed by atoms with Crippen LogP contribution >= 0.6 is 11.6 Å². The van der Waals surface area contributed by atoms with Gasteiger partial charge in [0.15, 0.2) is 0 Å². The topological polar surface area (TPSA) is 96.0 Å². The van der Waals surface area contributed by atoms with Crippen LogP contribution < -0.4 is 10.1 Å². The first-order valence-electron chi connectivity index (χ1n) is 15.3. The van der Waals surface area contributed by atoms with Gasteiger partial charge in [-0.3, -0.25) is 24.5 Å². The third kappa shape index (κ3) is 5.13. The molecule has 1 N–H and O–H groups in total. The quantitative estimate of drug-likeness (QED) is 0.487. The fourth-order valence-electron chi connectivity index (χ4n) is 7.59. The predicted molar refractivity (Wildman–Crippen MR) is 161 cm³/mol. The summed E-state index contributed by atoms with van der Waals surface area (Å²) in [5, 5.41) is 3.03.